The zero-order valence-corrected chi connectivity index (χ0v) is 12.6. The highest BCUT2D eigenvalue weighted by Crippen LogP contribution is 2.13. The maximum absolute atomic E-state index is 11.8. The molecule has 2 unspecified atom stereocenters. The number of methoxy groups -OCH3 is 1. The smallest absolute Gasteiger partial charge is 0.323 e. The number of benzene rings is 1. The number of carbonyl (C=O) groups excluding carboxylic acids is 1. The molecule has 1 aromatic rings. The van der Waals surface area contributed by atoms with Crippen LogP contribution in [0.1, 0.15) is 37.0 Å². The van der Waals surface area contributed by atoms with Gasteiger partial charge < -0.3 is 10.1 Å². The summed E-state index contributed by atoms with van der Waals surface area (Å²) in [6.45, 7) is 9.02. The second-order valence-corrected chi connectivity index (χ2v) is 5.20. The maximum atomic E-state index is 11.8. The third-order valence-electron chi connectivity index (χ3n) is 3.68. The van der Waals surface area contributed by atoms with E-state index in [1.165, 1.54) is 23.8 Å². The van der Waals surface area contributed by atoms with E-state index in [0.29, 0.717) is 6.54 Å². The molecule has 1 aromatic carbocycles. The van der Waals surface area contributed by atoms with E-state index in [9.17, 15) is 4.79 Å². The predicted molar refractivity (Wildman–Crippen MR) is 78.0 cm³/mol. The molecular formula is C16H25NO2. The molecule has 19 heavy (non-hydrogen) atoms. The van der Waals surface area contributed by atoms with Gasteiger partial charge in [-0.1, -0.05) is 44.0 Å². The monoisotopic (exact) mass is 263 g/mol. The van der Waals surface area contributed by atoms with Gasteiger partial charge in [-0.05, 0) is 30.9 Å². The number of carbonyl (C=O) groups is 1. The Hall–Kier alpha value is -1.35. The zero-order chi connectivity index (χ0) is 14.4. The van der Waals surface area contributed by atoms with Crippen LogP contribution < -0.4 is 5.32 Å². The van der Waals surface area contributed by atoms with Crippen LogP contribution in [0.2, 0.25) is 0 Å². The van der Waals surface area contributed by atoms with Crippen LogP contribution in [0.25, 0.3) is 0 Å². The molecule has 0 amide bonds. The molecule has 1 N–H and O–H groups in total. The molecule has 0 bridgehead atoms. The summed E-state index contributed by atoms with van der Waals surface area (Å²) in [6.07, 6.45) is 0.944. The van der Waals surface area contributed by atoms with Crippen molar-refractivity contribution in [3.63, 3.8) is 0 Å². The van der Waals surface area contributed by atoms with E-state index in [4.69, 9.17) is 4.74 Å². The Bertz CT molecular complexity index is 429. The summed E-state index contributed by atoms with van der Waals surface area (Å²) in [5, 5.41) is 3.32. The summed E-state index contributed by atoms with van der Waals surface area (Å²) >= 11 is 0. The van der Waals surface area contributed by atoms with E-state index < -0.39 is 0 Å². The Balaban J connectivity index is 2.73. The molecule has 0 aliphatic heterocycles. The average Bonchev–Trinajstić information content (AvgIpc) is 2.40. The van der Waals surface area contributed by atoms with Crippen molar-refractivity contribution >= 4 is 5.97 Å². The fourth-order valence-corrected chi connectivity index (χ4v) is 2.14. The van der Waals surface area contributed by atoms with Gasteiger partial charge in [0.1, 0.15) is 6.04 Å². The van der Waals surface area contributed by atoms with Crippen LogP contribution in [0, 0.1) is 19.8 Å². The number of hydrogen-bond acceptors (Lipinski definition) is 3. The van der Waals surface area contributed by atoms with Crippen LogP contribution >= 0.6 is 0 Å². The predicted octanol–water partition coefficient (Wildman–Crippen LogP) is 2.98. The molecule has 0 aliphatic carbocycles. The number of hydrogen-bond donors (Lipinski definition) is 1. The van der Waals surface area contributed by atoms with Gasteiger partial charge in [-0.15, -0.1) is 0 Å². The van der Waals surface area contributed by atoms with Crippen molar-refractivity contribution in [2.24, 2.45) is 5.92 Å². The molecule has 0 fully saturated rings. The van der Waals surface area contributed by atoms with Crippen molar-refractivity contribution in [3.8, 4) is 0 Å². The van der Waals surface area contributed by atoms with Crippen molar-refractivity contribution in [3.05, 3.63) is 34.9 Å². The fourth-order valence-electron chi connectivity index (χ4n) is 2.14. The van der Waals surface area contributed by atoms with Crippen molar-refractivity contribution < 1.29 is 9.53 Å². The first-order valence-electron chi connectivity index (χ1n) is 6.87. The molecule has 106 valence electrons. The first kappa shape index (κ1) is 15.7. The van der Waals surface area contributed by atoms with Gasteiger partial charge in [-0.25, -0.2) is 0 Å². The highest BCUT2D eigenvalue weighted by Gasteiger charge is 2.24. The van der Waals surface area contributed by atoms with Gasteiger partial charge in [0.15, 0.2) is 0 Å². The van der Waals surface area contributed by atoms with Crippen LogP contribution in [-0.2, 0) is 16.1 Å². The Kier molecular flexibility index (Phi) is 6.03. The van der Waals surface area contributed by atoms with E-state index in [1.54, 1.807) is 0 Å². The first-order chi connectivity index (χ1) is 8.99. The molecule has 2 atom stereocenters. The molecule has 0 saturated heterocycles. The Morgan fingerprint density at radius 3 is 2.58 bits per heavy atom. The van der Waals surface area contributed by atoms with Crippen molar-refractivity contribution in [1.82, 2.24) is 5.32 Å². The average molecular weight is 263 g/mol. The second-order valence-electron chi connectivity index (χ2n) is 5.20. The van der Waals surface area contributed by atoms with Crippen LogP contribution in [0.4, 0.5) is 0 Å². The van der Waals surface area contributed by atoms with Crippen LogP contribution in [0.3, 0.4) is 0 Å². The van der Waals surface area contributed by atoms with E-state index in [0.717, 1.165) is 6.42 Å². The summed E-state index contributed by atoms with van der Waals surface area (Å²) in [7, 11) is 1.44. The lowest BCUT2D eigenvalue weighted by Gasteiger charge is -2.22. The quantitative estimate of drug-likeness (QED) is 0.802. The molecule has 0 radical (unpaired) electrons. The lowest BCUT2D eigenvalue weighted by atomic mass is 9.98. The largest absolute Gasteiger partial charge is 0.468 e. The fraction of sp³-hybridized carbons (Fsp3) is 0.562. The number of esters is 1. The van der Waals surface area contributed by atoms with Gasteiger partial charge in [0.05, 0.1) is 7.11 Å². The highest BCUT2D eigenvalue weighted by atomic mass is 16.5. The van der Waals surface area contributed by atoms with Crippen molar-refractivity contribution in [2.45, 2.75) is 46.7 Å². The van der Waals surface area contributed by atoms with E-state index in [2.05, 4.69) is 51.2 Å². The van der Waals surface area contributed by atoms with Crippen LogP contribution in [0.5, 0.6) is 0 Å². The van der Waals surface area contributed by atoms with E-state index >= 15 is 0 Å². The van der Waals surface area contributed by atoms with Gasteiger partial charge in [0.2, 0.25) is 0 Å². The normalized spacial score (nSPS) is 13.9. The second kappa shape index (κ2) is 7.29. The topological polar surface area (TPSA) is 38.3 Å². The number of rotatable bonds is 6. The van der Waals surface area contributed by atoms with Crippen LogP contribution in [-0.4, -0.2) is 19.1 Å². The van der Waals surface area contributed by atoms with Gasteiger partial charge in [-0.2, -0.15) is 0 Å². The highest BCUT2D eigenvalue weighted by molar-refractivity contribution is 5.76. The van der Waals surface area contributed by atoms with Crippen molar-refractivity contribution in [2.75, 3.05) is 7.11 Å². The third-order valence-corrected chi connectivity index (χ3v) is 3.68. The first-order valence-corrected chi connectivity index (χ1v) is 6.87. The lowest BCUT2D eigenvalue weighted by molar-refractivity contribution is -0.144. The molecule has 0 heterocycles. The molecule has 0 aliphatic rings. The number of nitrogens with one attached hydrogen (secondary N) is 1. The van der Waals surface area contributed by atoms with Gasteiger partial charge in [-0.3, -0.25) is 4.79 Å². The molecule has 0 spiro atoms. The Morgan fingerprint density at radius 1 is 1.37 bits per heavy atom. The standard InChI is InChI=1S/C16H25NO2/c1-6-12(3)15(16(18)19-5)17-10-14-8-7-11(2)9-13(14)4/h7-9,12,15,17H,6,10H2,1-5H3. The summed E-state index contributed by atoms with van der Waals surface area (Å²) in [5.74, 6) is 0.0809. The third kappa shape index (κ3) is 4.35. The minimum absolute atomic E-state index is 0.181. The minimum atomic E-state index is -0.240. The van der Waals surface area contributed by atoms with E-state index in [-0.39, 0.29) is 17.9 Å². The minimum Gasteiger partial charge on any atom is -0.468 e. The van der Waals surface area contributed by atoms with Crippen LogP contribution in [0.15, 0.2) is 18.2 Å². The lowest BCUT2D eigenvalue weighted by Crippen LogP contribution is -2.42. The van der Waals surface area contributed by atoms with Gasteiger partial charge >= 0.3 is 5.97 Å². The molecule has 1 rings (SSSR count). The van der Waals surface area contributed by atoms with Gasteiger partial charge in [0, 0.05) is 6.54 Å². The zero-order valence-electron chi connectivity index (χ0n) is 12.6. The summed E-state index contributed by atoms with van der Waals surface area (Å²) in [6, 6.07) is 6.13. The number of ether oxygens (including phenoxy) is 1. The summed E-state index contributed by atoms with van der Waals surface area (Å²) < 4.78 is 4.87. The molecule has 3 nitrogen and oxygen atoms in total. The molecule has 0 aromatic heterocycles. The molecular weight excluding hydrogens is 238 g/mol. The Labute approximate surface area is 116 Å². The molecule has 0 saturated carbocycles. The van der Waals surface area contributed by atoms with E-state index in [1.807, 2.05) is 0 Å². The maximum Gasteiger partial charge on any atom is 0.323 e. The Morgan fingerprint density at radius 2 is 2.05 bits per heavy atom. The van der Waals surface area contributed by atoms with Crippen molar-refractivity contribution in [1.29, 1.82) is 0 Å². The number of aryl methyl sites for hydroxylation is 2. The SMILES string of the molecule is CCC(C)C(NCc1ccc(C)cc1C)C(=O)OC. The summed E-state index contributed by atoms with van der Waals surface area (Å²) in [4.78, 5) is 11.8. The summed E-state index contributed by atoms with van der Waals surface area (Å²) in [5.41, 5.74) is 3.73. The van der Waals surface area contributed by atoms with Gasteiger partial charge in [0.25, 0.3) is 0 Å². The molecule has 3 heteroatoms.